The van der Waals surface area contributed by atoms with Crippen LogP contribution in [-0.2, 0) is 4.79 Å². The second-order valence-corrected chi connectivity index (χ2v) is 7.53. The van der Waals surface area contributed by atoms with Crippen molar-refractivity contribution in [3.05, 3.63) is 29.6 Å². The van der Waals surface area contributed by atoms with Crippen molar-refractivity contribution in [1.82, 2.24) is 14.9 Å². The van der Waals surface area contributed by atoms with Crippen molar-refractivity contribution in [1.29, 1.82) is 0 Å². The summed E-state index contributed by atoms with van der Waals surface area (Å²) in [5.74, 6) is 2.00. The highest BCUT2D eigenvalue weighted by atomic mass is 32.2. The first kappa shape index (κ1) is 14.0. The van der Waals surface area contributed by atoms with Crippen molar-refractivity contribution in [2.75, 3.05) is 11.9 Å². The molecule has 7 nitrogen and oxygen atoms in total. The average molecular weight is 341 g/mol. The van der Waals surface area contributed by atoms with Gasteiger partial charge in [0.05, 0.1) is 16.6 Å². The van der Waals surface area contributed by atoms with Gasteiger partial charge in [-0.15, -0.1) is 10.2 Å². The molecule has 1 N–H and O–H groups in total. The highest BCUT2D eigenvalue weighted by Crippen LogP contribution is 2.42. The predicted octanol–water partition coefficient (Wildman–Crippen LogP) is 2.23. The summed E-state index contributed by atoms with van der Waals surface area (Å²) in [6.07, 6.45) is 2.32. The van der Waals surface area contributed by atoms with E-state index in [1.54, 1.807) is 11.8 Å². The van der Waals surface area contributed by atoms with Crippen LogP contribution >= 0.6 is 11.8 Å². The van der Waals surface area contributed by atoms with Crippen LogP contribution in [0.5, 0.6) is 5.75 Å². The Morgan fingerprint density at radius 1 is 1.33 bits per heavy atom. The van der Waals surface area contributed by atoms with E-state index in [0.717, 1.165) is 35.1 Å². The van der Waals surface area contributed by atoms with E-state index < -0.39 is 0 Å². The molecule has 24 heavy (non-hydrogen) atoms. The summed E-state index contributed by atoms with van der Waals surface area (Å²) < 4.78 is 7.31. The molecule has 1 fully saturated rings. The van der Waals surface area contributed by atoms with Gasteiger partial charge in [0.25, 0.3) is 5.91 Å². The van der Waals surface area contributed by atoms with Gasteiger partial charge in [-0.25, -0.2) is 0 Å². The number of benzene rings is 1. The lowest BCUT2D eigenvalue weighted by molar-refractivity contribution is -0.118. The van der Waals surface area contributed by atoms with Gasteiger partial charge in [0.15, 0.2) is 12.4 Å². The second kappa shape index (κ2) is 5.07. The average Bonchev–Trinajstić information content (AvgIpc) is 3.34. The molecule has 0 bridgehead atoms. The van der Waals surface area contributed by atoms with Crippen molar-refractivity contribution in [3.63, 3.8) is 0 Å². The quantitative estimate of drug-likeness (QED) is 0.906. The summed E-state index contributed by atoms with van der Waals surface area (Å²) in [5.41, 5.74) is 2.62. The lowest BCUT2D eigenvalue weighted by Crippen LogP contribution is -2.26. The lowest BCUT2D eigenvalue weighted by Gasteiger charge is -2.22. The molecule has 3 aliphatic rings. The summed E-state index contributed by atoms with van der Waals surface area (Å²) in [6, 6.07) is 5.79. The number of rotatable bonds is 2. The summed E-state index contributed by atoms with van der Waals surface area (Å²) in [7, 11) is 0. The maximum absolute atomic E-state index is 11.5. The molecular weight excluding hydrogens is 326 g/mol. The lowest BCUT2D eigenvalue weighted by atomic mass is 10.1. The highest BCUT2D eigenvalue weighted by Gasteiger charge is 2.34. The van der Waals surface area contributed by atoms with Crippen molar-refractivity contribution in [3.8, 4) is 5.75 Å². The molecule has 5 rings (SSSR count). The molecule has 3 heterocycles. The smallest absolute Gasteiger partial charge is 0.262 e. The molecule has 1 atom stereocenters. The topological polar surface area (TPSA) is 81.4 Å². The zero-order valence-corrected chi connectivity index (χ0v) is 13.8. The van der Waals surface area contributed by atoms with Gasteiger partial charge in [0, 0.05) is 11.5 Å². The molecule has 1 aromatic carbocycles. The van der Waals surface area contributed by atoms with Crippen LogP contribution in [0.3, 0.4) is 0 Å². The first-order valence-corrected chi connectivity index (χ1v) is 8.85. The number of anilines is 1. The number of amides is 1. The third kappa shape index (κ3) is 2.21. The van der Waals surface area contributed by atoms with E-state index in [2.05, 4.69) is 22.4 Å². The van der Waals surface area contributed by atoms with Gasteiger partial charge in [-0.2, -0.15) is 9.78 Å². The Labute approximate surface area is 142 Å². The van der Waals surface area contributed by atoms with Crippen LogP contribution in [0, 0.1) is 0 Å². The minimum atomic E-state index is -0.134. The van der Waals surface area contributed by atoms with Gasteiger partial charge < -0.3 is 10.1 Å². The number of nitrogens with zero attached hydrogens (tertiary/aromatic N) is 4. The molecule has 2 aliphatic heterocycles. The Morgan fingerprint density at radius 3 is 3.04 bits per heavy atom. The zero-order chi connectivity index (χ0) is 16.3. The Kier molecular flexibility index (Phi) is 2.97. The van der Waals surface area contributed by atoms with Crippen LogP contribution in [-0.4, -0.2) is 38.3 Å². The monoisotopic (exact) mass is 341 g/mol. The molecule has 0 spiro atoms. The Morgan fingerprint density at radius 2 is 2.21 bits per heavy atom. The van der Waals surface area contributed by atoms with Crippen LogP contribution in [0.2, 0.25) is 0 Å². The molecule has 1 aliphatic carbocycles. The molecule has 1 amide bonds. The molecule has 0 unspecified atom stereocenters. The van der Waals surface area contributed by atoms with Gasteiger partial charge in [0.1, 0.15) is 5.75 Å². The molecular formula is C16H15N5O2S. The Bertz CT molecular complexity index is 887. The maximum Gasteiger partial charge on any atom is 0.262 e. The molecule has 2 aromatic rings. The van der Waals surface area contributed by atoms with E-state index in [9.17, 15) is 4.79 Å². The first-order chi connectivity index (χ1) is 11.7. The van der Waals surface area contributed by atoms with Crippen molar-refractivity contribution in [2.45, 2.75) is 36.1 Å². The second-order valence-electron chi connectivity index (χ2n) is 6.22. The van der Waals surface area contributed by atoms with E-state index in [1.165, 1.54) is 0 Å². The van der Waals surface area contributed by atoms with Crippen LogP contribution < -0.4 is 10.1 Å². The molecule has 122 valence electrons. The standard InChI is InChI=1S/C16H15N5O2S/c1-8-14(10-4-5-12-11(6-10)17-13(22)7-23-12)20-21-15(9-2-3-9)18-19-16(21)24-8/h4-6,8-9H,2-3,7H2,1H3,(H,17,22)/t8-/m0/s1. The zero-order valence-electron chi connectivity index (χ0n) is 13.0. The number of carbonyl (C=O) groups excluding carboxylic acids is 1. The van der Waals surface area contributed by atoms with Crippen LogP contribution in [0.25, 0.3) is 0 Å². The SMILES string of the molecule is C[C@@H]1Sc2nnc(C3CC3)n2N=C1c1ccc2c(c1)NC(=O)CO2. The Balaban J connectivity index is 1.58. The number of hydrogen-bond donors (Lipinski definition) is 1. The van der Waals surface area contributed by atoms with Crippen LogP contribution in [0.15, 0.2) is 28.5 Å². The van der Waals surface area contributed by atoms with E-state index in [1.807, 2.05) is 22.9 Å². The Hall–Kier alpha value is -2.35. The summed E-state index contributed by atoms with van der Waals surface area (Å²) in [4.78, 5) is 11.5. The molecule has 1 saturated carbocycles. The summed E-state index contributed by atoms with van der Waals surface area (Å²) in [5, 5.41) is 17.3. The van der Waals surface area contributed by atoms with Gasteiger partial charge in [0.2, 0.25) is 5.16 Å². The first-order valence-electron chi connectivity index (χ1n) is 7.97. The molecule has 0 radical (unpaired) electrons. The number of fused-ring (bicyclic) bond motifs is 2. The van der Waals surface area contributed by atoms with Crippen molar-refractivity contribution < 1.29 is 9.53 Å². The summed E-state index contributed by atoms with van der Waals surface area (Å²) >= 11 is 1.66. The molecule has 8 heteroatoms. The van der Waals surface area contributed by atoms with Gasteiger partial charge in [-0.1, -0.05) is 11.8 Å². The third-order valence-electron chi connectivity index (χ3n) is 4.36. The van der Waals surface area contributed by atoms with E-state index in [4.69, 9.17) is 9.84 Å². The number of thioether (sulfide) groups is 1. The van der Waals surface area contributed by atoms with Gasteiger partial charge in [-0.3, -0.25) is 4.79 Å². The van der Waals surface area contributed by atoms with Crippen LogP contribution in [0.1, 0.15) is 37.1 Å². The normalized spacial score (nSPS) is 22.1. The fourth-order valence-electron chi connectivity index (χ4n) is 2.98. The van der Waals surface area contributed by atoms with E-state index in [0.29, 0.717) is 17.4 Å². The summed E-state index contributed by atoms with van der Waals surface area (Å²) in [6.45, 7) is 2.17. The number of carbonyl (C=O) groups is 1. The number of ether oxygens (including phenoxy) is 1. The van der Waals surface area contributed by atoms with E-state index >= 15 is 0 Å². The minimum absolute atomic E-state index is 0.0639. The molecule has 1 aromatic heterocycles. The highest BCUT2D eigenvalue weighted by molar-refractivity contribution is 8.00. The fourth-order valence-corrected chi connectivity index (χ4v) is 3.91. The van der Waals surface area contributed by atoms with Gasteiger partial charge in [-0.05, 0) is 38.0 Å². The number of hydrogen-bond acceptors (Lipinski definition) is 6. The largest absolute Gasteiger partial charge is 0.482 e. The maximum atomic E-state index is 11.5. The van der Waals surface area contributed by atoms with Crippen molar-refractivity contribution >= 4 is 29.1 Å². The number of aromatic nitrogens is 3. The minimum Gasteiger partial charge on any atom is -0.482 e. The predicted molar refractivity (Wildman–Crippen MR) is 89.8 cm³/mol. The van der Waals surface area contributed by atoms with E-state index in [-0.39, 0.29) is 17.8 Å². The van der Waals surface area contributed by atoms with Crippen molar-refractivity contribution in [2.24, 2.45) is 5.10 Å². The third-order valence-corrected chi connectivity index (χ3v) is 5.40. The van der Waals surface area contributed by atoms with Crippen LogP contribution in [0.4, 0.5) is 5.69 Å². The van der Waals surface area contributed by atoms with Gasteiger partial charge >= 0.3 is 0 Å². The molecule has 0 saturated heterocycles. The fraction of sp³-hybridized carbons (Fsp3) is 0.375. The number of nitrogens with one attached hydrogen (secondary N) is 1.